The average molecular weight is 729 g/mol. The molecule has 2 aromatic carbocycles. The highest BCUT2D eigenvalue weighted by molar-refractivity contribution is 7.67. The number of rotatable bonds is 6. The topological polar surface area (TPSA) is 18.5 Å². The summed E-state index contributed by atoms with van der Waals surface area (Å²) >= 11 is 0. The Morgan fingerprint density at radius 3 is 1.04 bits per heavy atom. The van der Waals surface area contributed by atoms with Gasteiger partial charge in [-0.1, -0.05) is 133 Å². The van der Waals surface area contributed by atoms with Crippen molar-refractivity contribution in [3.8, 4) is 11.5 Å². The Balaban J connectivity index is 1.25. The zero-order valence-corrected chi connectivity index (χ0v) is 35.2. The van der Waals surface area contributed by atoms with Gasteiger partial charge in [0.15, 0.2) is 0 Å². The zero-order valence-electron chi connectivity index (χ0n) is 33.4. The minimum Gasteiger partial charge on any atom is -0.451 e. The smallest absolute Gasteiger partial charge is 0.253 e. The number of benzene rings is 2. The Morgan fingerprint density at radius 2 is 0.745 bits per heavy atom. The van der Waals surface area contributed by atoms with Crippen LogP contribution in [-0.2, 0) is 10.8 Å². The molecule has 0 atom stereocenters. The summed E-state index contributed by atoms with van der Waals surface area (Å²) in [7, 11) is -0.589. The van der Waals surface area contributed by atoms with E-state index < -0.39 is 5.79 Å². The van der Waals surface area contributed by atoms with Crippen molar-refractivity contribution in [1.82, 2.24) is 0 Å². The van der Waals surface area contributed by atoms with E-state index in [0.29, 0.717) is 0 Å². The van der Waals surface area contributed by atoms with Crippen LogP contribution in [0.2, 0.25) is 0 Å². The molecule has 2 aliphatic heterocycles. The van der Waals surface area contributed by atoms with E-state index in [1.165, 1.54) is 162 Å². The maximum absolute atomic E-state index is 7.79. The summed E-state index contributed by atoms with van der Waals surface area (Å²) in [5.74, 6) is 1.88. The lowest BCUT2D eigenvalue weighted by atomic mass is 9.69. The molecule has 0 amide bonds. The molecule has 2 aromatic rings. The Labute approximate surface area is 314 Å². The maximum Gasteiger partial charge on any atom is 0.253 e. The van der Waals surface area contributed by atoms with Crippen molar-refractivity contribution in [3.63, 3.8) is 0 Å². The number of hydrogen-bond acceptors (Lipinski definition) is 2. The first-order valence-electron chi connectivity index (χ1n) is 21.8. The highest BCUT2D eigenvalue weighted by Gasteiger charge is 2.55. The van der Waals surface area contributed by atoms with Crippen LogP contribution in [-0.4, -0.2) is 28.4 Å². The number of fused-ring (bicyclic) bond motifs is 2. The molecule has 0 aromatic heterocycles. The van der Waals surface area contributed by atoms with Gasteiger partial charge in [0.1, 0.15) is 11.5 Å². The molecule has 0 unspecified atom stereocenters. The molecule has 51 heavy (non-hydrogen) atoms. The van der Waals surface area contributed by atoms with Crippen molar-refractivity contribution in [1.29, 1.82) is 0 Å². The van der Waals surface area contributed by atoms with Crippen LogP contribution in [0.3, 0.4) is 0 Å². The van der Waals surface area contributed by atoms with Crippen LogP contribution in [0.5, 0.6) is 11.5 Å². The van der Waals surface area contributed by atoms with E-state index >= 15 is 0 Å². The lowest BCUT2D eigenvalue weighted by Gasteiger charge is -2.53. The van der Waals surface area contributed by atoms with E-state index in [4.69, 9.17) is 9.47 Å². The van der Waals surface area contributed by atoms with Crippen LogP contribution < -0.4 is 20.1 Å². The fourth-order valence-corrected chi connectivity index (χ4v) is 20.0. The van der Waals surface area contributed by atoms with E-state index in [2.05, 4.69) is 65.8 Å². The van der Waals surface area contributed by atoms with Crippen LogP contribution >= 0.6 is 15.8 Å². The molecular weight excluding hydrogens is 658 g/mol. The summed E-state index contributed by atoms with van der Waals surface area (Å²) in [6.45, 7) is 14.8. The average Bonchev–Trinajstić information content (AvgIpc) is 3.11. The Morgan fingerprint density at radius 1 is 0.451 bits per heavy atom. The predicted molar refractivity (Wildman–Crippen MR) is 222 cm³/mol. The third kappa shape index (κ3) is 7.36. The quantitative estimate of drug-likeness (QED) is 0.276. The van der Waals surface area contributed by atoms with Gasteiger partial charge in [0, 0.05) is 45.4 Å². The molecule has 2 nitrogen and oxygen atoms in total. The normalized spacial score (nSPS) is 25.7. The number of aryl methyl sites for hydroxylation is 2. The van der Waals surface area contributed by atoms with E-state index in [1.54, 1.807) is 10.6 Å². The molecule has 4 fully saturated rings. The molecule has 280 valence electrons. The largest absolute Gasteiger partial charge is 0.451 e. The van der Waals surface area contributed by atoms with Gasteiger partial charge >= 0.3 is 0 Å². The van der Waals surface area contributed by atoms with E-state index in [9.17, 15) is 0 Å². The lowest BCUT2D eigenvalue weighted by Crippen LogP contribution is -2.57. The van der Waals surface area contributed by atoms with Crippen molar-refractivity contribution in [3.05, 3.63) is 46.5 Å². The Kier molecular flexibility index (Phi) is 10.7. The van der Waals surface area contributed by atoms with Crippen LogP contribution in [0.15, 0.2) is 24.3 Å². The molecule has 2 heterocycles. The molecule has 4 aliphatic carbocycles. The summed E-state index contributed by atoms with van der Waals surface area (Å²) < 4.78 is 15.6. The summed E-state index contributed by atoms with van der Waals surface area (Å²) in [4.78, 5) is 0. The summed E-state index contributed by atoms with van der Waals surface area (Å²) in [6.07, 6.45) is 30.3. The predicted octanol–water partition coefficient (Wildman–Crippen LogP) is 13.4. The van der Waals surface area contributed by atoms with Crippen LogP contribution in [0, 0.1) is 13.8 Å². The monoisotopic (exact) mass is 728 g/mol. The third-order valence-electron chi connectivity index (χ3n) is 14.3. The second-order valence-corrected chi connectivity index (χ2v) is 25.1. The summed E-state index contributed by atoms with van der Waals surface area (Å²) in [5, 5.41) is 3.24. The Bertz CT molecular complexity index is 1380. The van der Waals surface area contributed by atoms with Gasteiger partial charge in [0.2, 0.25) is 0 Å². The van der Waals surface area contributed by atoms with Gasteiger partial charge < -0.3 is 9.47 Å². The van der Waals surface area contributed by atoms with Gasteiger partial charge in [0.25, 0.3) is 5.79 Å². The second-order valence-electron chi connectivity index (χ2n) is 19.5. The minimum atomic E-state index is -0.638. The van der Waals surface area contributed by atoms with Crippen LogP contribution in [0.1, 0.15) is 191 Å². The SMILES string of the molecule is Cc1cc(P(C2CCCCC2)C2CCCCC2)c2c(c1)C(C)(C)CC1(CC(C)(C)c3cc(C)cc(P(C4CCCCC4)C4CCCCC4)c3O1)O2. The maximum atomic E-state index is 7.79. The van der Waals surface area contributed by atoms with Crippen molar-refractivity contribution in [2.45, 2.75) is 222 Å². The third-order valence-corrected chi connectivity index (χ3v) is 21.3. The molecule has 0 bridgehead atoms. The molecule has 0 saturated heterocycles. The van der Waals surface area contributed by atoms with Crippen molar-refractivity contribution < 1.29 is 9.47 Å². The van der Waals surface area contributed by atoms with Crippen LogP contribution in [0.25, 0.3) is 0 Å². The van der Waals surface area contributed by atoms with Gasteiger partial charge in [-0.3, -0.25) is 0 Å². The first kappa shape index (κ1) is 36.9. The van der Waals surface area contributed by atoms with E-state index in [-0.39, 0.29) is 26.7 Å². The van der Waals surface area contributed by atoms with Crippen molar-refractivity contribution in [2.24, 2.45) is 0 Å². The van der Waals surface area contributed by atoms with E-state index in [0.717, 1.165) is 35.5 Å². The van der Waals surface area contributed by atoms with Gasteiger partial charge in [-0.05, 0) is 111 Å². The standard InChI is InChI=1S/C47H70O2P2/c1-33-27-39-43(41(29-33)50(35-19-11-7-12-20-35)36-21-13-8-14-22-36)48-47(31-45(39,3)4)32-46(5,6)40-28-34(2)30-42(44(40)49-47)51(37-23-15-9-16-24-37)38-25-17-10-18-26-38/h27-30,35-38H,7-26,31-32H2,1-6H3. The fourth-order valence-electron chi connectivity index (χ4n) is 12.1. The molecule has 0 radical (unpaired) electrons. The molecule has 6 aliphatic rings. The molecular formula is C47H70O2P2. The molecule has 0 N–H and O–H groups in total. The molecule has 8 rings (SSSR count). The minimum absolute atomic E-state index is 0.0234. The van der Waals surface area contributed by atoms with E-state index in [1.807, 2.05) is 0 Å². The highest BCUT2D eigenvalue weighted by Crippen LogP contribution is 2.62. The molecule has 1 spiro atoms. The first-order valence-corrected chi connectivity index (χ1v) is 24.7. The zero-order chi connectivity index (χ0) is 35.4. The first-order chi connectivity index (χ1) is 24.5. The summed E-state index contributed by atoms with van der Waals surface area (Å²) in [6, 6.07) is 10.2. The van der Waals surface area contributed by atoms with Gasteiger partial charge in [0.05, 0.1) is 0 Å². The molecule has 4 heteroatoms. The van der Waals surface area contributed by atoms with Gasteiger partial charge in [-0.25, -0.2) is 0 Å². The van der Waals surface area contributed by atoms with Gasteiger partial charge in [-0.2, -0.15) is 0 Å². The fraction of sp³-hybridized carbons (Fsp3) is 0.745. The van der Waals surface area contributed by atoms with Crippen molar-refractivity contribution in [2.75, 3.05) is 0 Å². The van der Waals surface area contributed by atoms with Crippen molar-refractivity contribution >= 4 is 26.5 Å². The Hall–Kier alpha value is -1.10. The lowest BCUT2D eigenvalue weighted by molar-refractivity contribution is -0.165. The molecule has 4 saturated carbocycles. The number of hydrogen-bond donors (Lipinski definition) is 0. The van der Waals surface area contributed by atoms with Gasteiger partial charge in [-0.15, -0.1) is 0 Å². The summed E-state index contributed by atoms with van der Waals surface area (Å²) in [5.41, 5.74) is 9.15. The highest BCUT2D eigenvalue weighted by atomic mass is 31.1. The number of ether oxygens (including phenoxy) is 2. The van der Waals surface area contributed by atoms with Crippen LogP contribution in [0.4, 0.5) is 0 Å². The second kappa shape index (κ2) is 14.9.